The zero-order valence-electron chi connectivity index (χ0n) is 18.2. The van der Waals surface area contributed by atoms with Gasteiger partial charge in [-0.3, -0.25) is 4.99 Å². The van der Waals surface area contributed by atoms with Crippen LogP contribution in [0.3, 0.4) is 0 Å². The highest BCUT2D eigenvalue weighted by Gasteiger charge is 2.47. The fourth-order valence-electron chi connectivity index (χ4n) is 4.88. The SMILES string of the molecule is C1=CNC2N=Cc3ccc(cc3)[P+](c3ccccc3)(c3ccccc3)c3ccc(cc3)C2=C1. The van der Waals surface area contributed by atoms with Crippen molar-refractivity contribution in [2.24, 2.45) is 4.99 Å². The van der Waals surface area contributed by atoms with Crippen molar-refractivity contribution < 1.29 is 0 Å². The standard InChI is InChI=1S/C30H24N2P/c1-3-8-25(9-4-1)33(26-10-5-2-6-11-26)27-17-13-23(14-18-27)22-32-30-29(12-7-21-31-30)24-15-19-28(33)20-16-24/h1-22,30-31H/q+1. The van der Waals surface area contributed by atoms with E-state index >= 15 is 0 Å². The lowest BCUT2D eigenvalue weighted by molar-refractivity contribution is 0.750. The highest BCUT2D eigenvalue weighted by molar-refractivity contribution is 8.01. The maximum Gasteiger partial charge on any atom is 0.144 e. The van der Waals surface area contributed by atoms with Crippen LogP contribution in [0.2, 0.25) is 0 Å². The number of aliphatic imine (C=N–C) groups is 1. The van der Waals surface area contributed by atoms with Crippen molar-refractivity contribution in [3.05, 3.63) is 139 Å². The molecule has 0 spiro atoms. The predicted molar refractivity (Wildman–Crippen MR) is 143 cm³/mol. The summed E-state index contributed by atoms with van der Waals surface area (Å²) in [4.78, 5) is 4.86. The summed E-state index contributed by atoms with van der Waals surface area (Å²) < 4.78 is 0. The van der Waals surface area contributed by atoms with Gasteiger partial charge < -0.3 is 5.32 Å². The minimum Gasteiger partial charge on any atom is -0.366 e. The molecule has 0 aliphatic carbocycles. The van der Waals surface area contributed by atoms with Crippen molar-refractivity contribution in [1.82, 2.24) is 5.32 Å². The summed E-state index contributed by atoms with van der Waals surface area (Å²) in [6, 6.07) is 40.2. The number of nitrogens with one attached hydrogen (secondary N) is 1. The molecule has 33 heavy (non-hydrogen) atoms. The lowest BCUT2D eigenvalue weighted by atomic mass is 10.0. The number of benzene rings is 4. The lowest BCUT2D eigenvalue weighted by Gasteiger charge is -2.28. The lowest BCUT2D eigenvalue weighted by Crippen LogP contribution is -2.38. The summed E-state index contributed by atoms with van der Waals surface area (Å²) in [5.74, 6) is 0. The molecule has 5 heterocycles. The molecule has 0 aromatic heterocycles. The number of hydrogen-bond donors (Lipinski definition) is 1. The van der Waals surface area contributed by atoms with E-state index in [2.05, 4.69) is 121 Å². The first-order valence-corrected chi connectivity index (χ1v) is 13.0. The van der Waals surface area contributed by atoms with Crippen LogP contribution in [0.4, 0.5) is 0 Å². The van der Waals surface area contributed by atoms with Gasteiger partial charge >= 0.3 is 0 Å². The van der Waals surface area contributed by atoms with Gasteiger partial charge in [0.05, 0.1) is 0 Å². The van der Waals surface area contributed by atoms with Crippen molar-refractivity contribution >= 4 is 40.3 Å². The normalized spacial score (nSPS) is 17.8. The van der Waals surface area contributed by atoms with E-state index < -0.39 is 7.26 Å². The molecule has 0 fully saturated rings. The van der Waals surface area contributed by atoms with Crippen LogP contribution in [0.5, 0.6) is 0 Å². The number of dihydropyridines is 1. The van der Waals surface area contributed by atoms with Crippen LogP contribution >= 0.6 is 7.26 Å². The van der Waals surface area contributed by atoms with E-state index in [0.29, 0.717) is 0 Å². The van der Waals surface area contributed by atoms with E-state index in [1.54, 1.807) is 0 Å². The number of hydrogen-bond acceptors (Lipinski definition) is 2. The van der Waals surface area contributed by atoms with Gasteiger partial charge in [0, 0.05) is 11.8 Å². The third kappa shape index (κ3) is 3.35. The molecule has 9 rings (SSSR count). The molecule has 0 saturated carbocycles. The number of rotatable bonds is 2. The van der Waals surface area contributed by atoms with Gasteiger partial charge in [0.25, 0.3) is 0 Å². The molecule has 158 valence electrons. The first-order valence-electron chi connectivity index (χ1n) is 11.2. The quantitative estimate of drug-likeness (QED) is 0.451. The molecule has 4 aromatic carbocycles. The zero-order chi connectivity index (χ0) is 22.1. The molecule has 1 unspecified atom stereocenters. The molecule has 3 heteroatoms. The first kappa shape index (κ1) is 19.9. The molecule has 0 radical (unpaired) electrons. The number of nitrogens with zero attached hydrogens (tertiary/aromatic N) is 1. The molecular formula is C30H24N2P+. The Labute approximate surface area is 195 Å². The van der Waals surface area contributed by atoms with Gasteiger partial charge in [-0.2, -0.15) is 0 Å². The Balaban J connectivity index is 1.70. The van der Waals surface area contributed by atoms with Crippen LogP contribution in [0, 0.1) is 0 Å². The van der Waals surface area contributed by atoms with E-state index in [-0.39, 0.29) is 6.17 Å². The summed E-state index contributed by atoms with van der Waals surface area (Å²) in [6.45, 7) is 0. The minimum atomic E-state index is -2.08. The third-order valence-corrected chi connectivity index (χ3v) is 10.7. The Morgan fingerprint density at radius 2 is 1.15 bits per heavy atom. The molecule has 0 amide bonds. The first-order chi connectivity index (χ1) is 16.4. The molecule has 4 bridgehead atoms. The minimum absolute atomic E-state index is 0.0934. The van der Waals surface area contributed by atoms with E-state index in [1.807, 2.05) is 18.5 Å². The average Bonchev–Trinajstić information content (AvgIpc) is 2.93. The van der Waals surface area contributed by atoms with Gasteiger partial charge in [0.2, 0.25) is 0 Å². The van der Waals surface area contributed by atoms with Crippen LogP contribution < -0.4 is 26.5 Å². The topological polar surface area (TPSA) is 24.4 Å². The third-order valence-electron chi connectivity index (χ3n) is 6.45. The van der Waals surface area contributed by atoms with Crippen molar-refractivity contribution in [1.29, 1.82) is 0 Å². The van der Waals surface area contributed by atoms with E-state index in [0.717, 1.165) is 5.56 Å². The van der Waals surface area contributed by atoms with Crippen LogP contribution in [0.1, 0.15) is 11.1 Å². The van der Waals surface area contributed by atoms with E-state index in [4.69, 9.17) is 4.99 Å². The van der Waals surface area contributed by atoms with Crippen LogP contribution in [-0.4, -0.2) is 12.4 Å². The zero-order valence-corrected chi connectivity index (χ0v) is 19.1. The van der Waals surface area contributed by atoms with Gasteiger partial charge in [-0.05, 0) is 84.1 Å². The molecule has 1 N–H and O–H groups in total. The second kappa shape index (κ2) is 8.31. The fraction of sp³-hybridized carbons (Fsp3) is 0.0333. The summed E-state index contributed by atoms with van der Waals surface area (Å²) >= 11 is 0. The molecule has 0 saturated heterocycles. The predicted octanol–water partition coefficient (Wildman–Crippen LogP) is 4.56. The van der Waals surface area contributed by atoms with Gasteiger partial charge in [0.15, 0.2) is 0 Å². The molecule has 5 aliphatic heterocycles. The molecular weight excluding hydrogens is 419 g/mol. The Morgan fingerprint density at radius 3 is 1.76 bits per heavy atom. The molecule has 1 atom stereocenters. The monoisotopic (exact) mass is 443 g/mol. The summed E-state index contributed by atoms with van der Waals surface area (Å²) in [6.07, 6.45) is 8.05. The summed E-state index contributed by atoms with van der Waals surface area (Å²) in [7, 11) is -2.08. The average molecular weight is 444 g/mol. The van der Waals surface area contributed by atoms with Crippen LogP contribution in [0.15, 0.2) is 133 Å². The maximum absolute atomic E-state index is 4.86. The van der Waals surface area contributed by atoms with Gasteiger partial charge in [-0.25, -0.2) is 0 Å². The van der Waals surface area contributed by atoms with Gasteiger partial charge in [-0.1, -0.05) is 54.6 Å². The van der Waals surface area contributed by atoms with Gasteiger partial charge in [0.1, 0.15) is 34.6 Å². The molecule has 2 nitrogen and oxygen atoms in total. The molecule has 4 aromatic rings. The van der Waals surface area contributed by atoms with Crippen molar-refractivity contribution in [2.75, 3.05) is 0 Å². The number of allylic oxidation sites excluding steroid dienone is 2. The second-order valence-electron chi connectivity index (χ2n) is 8.31. The Hall–Kier alpha value is -3.74. The Kier molecular flexibility index (Phi) is 5.02. The second-order valence-corrected chi connectivity index (χ2v) is 11.7. The smallest absolute Gasteiger partial charge is 0.144 e. The fourth-order valence-corrected chi connectivity index (χ4v) is 9.10. The van der Waals surface area contributed by atoms with Gasteiger partial charge in [-0.15, -0.1) is 0 Å². The largest absolute Gasteiger partial charge is 0.366 e. The molecule has 5 aliphatic rings. The highest BCUT2D eigenvalue weighted by atomic mass is 31.2. The highest BCUT2D eigenvalue weighted by Crippen LogP contribution is 2.54. The van der Waals surface area contributed by atoms with Crippen molar-refractivity contribution in [2.45, 2.75) is 6.17 Å². The summed E-state index contributed by atoms with van der Waals surface area (Å²) in [5, 5.41) is 8.82. The Morgan fingerprint density at radius 1 is 0.606 bits per heavy atom. The van der Waals surface area contributed by atoms with Crippen LogP contribution in [-0.2, 0) is 0 Å². The summed E-state index contributed by atoms with van der Waals surface area (Å²) in [5.41, 5.74) is 3.48. The van der Waals surface area contributed by atoms with Crippen LogP contribution in [0.25, 0.3) is 5.57 Å². The maximum atomic E-state index is 4.86. The Bertz CT molecular complexity index is 1310. The van der Waals surface area contributed by atoms with E-state index in [9.17, 15) is 0 Å². The van der Waals surface area contributed by atoms with Crippen molar-refractivity contribution in [3.63, 3.8) is 0 Å². The van der Waals surface area contributed by atoms with Crippen molar-refractivity contribution in [3.8, 4) is 0 Å². The van der Waals surface area contributed by atoms with E-state index in [1.165, 1.54) is 32.4 Å².